The van der Waals surface area contributed by atoms with E-state index in [0.29, 0.717) is 5.69 Å². The quantitative estimate of drug-likeness (QED) is 0.630. The number of aliphatic hydroxyl groups is 1. The third-order valence-electron chi connectivity index (χ3n) is 5.53. The van der Waals surface area contributed by atoms with Crippen LogP contribution in [-0.2, 0) is 20.2 Å². The van der Waals surface area contributed by atoms with Crippen LogP contribution in [0.15, 0.2) is 47.4 Å². The molecule has 3 rings (SSSR count). The van der Waals surface area contributed by atoms with E-state index in [1.807, 2.05) is 12.1 Å². The fraction of sp³-hybridized carbons (Fsp3) is 0.435. The number of carbonyl (C=O) groups is 1. The first kappa shape index (κ1) is 24.9. The topological polar surface area (TPSA) is 105 Å². The molecule has 0 aliphatic carbocycles. The molecular formula is C23H29FN2O6S. The second kappa shape index (κ2) is 9.28. The number of hydrogen-bond donors (Lipinski definition) is 2. The number of halogens is 1. The lowest BCUT2D eigenvalue weighted by Gasteiger charge is -2.36. The van der Waals surface area contributed by atoms with Crippen molar-refractivity contribution in [1.82, 2.24) is 4.31 Å². The third-order valence-corrected chi connectivity index (χ3v) is 7.45. The highest BCUT2D eigenvalue weighted by molar-refractivity contribution is 7.89. The van der Waals surface area contributed by atoms with Gasteiger partial charge < -0.3 is 14.6 Å². The van der Waals surface area contributed by atoms with E-state index in [2.05, 4.69) is 26.1 Å². The van der Waals surface area contributed by atoms with Crippen molar-refractivity contribution in [3.63, 3.8) is 0 Å². The number of piperidine rings is 1. The number of benzene rings is 2. The predicted octanol–water partition coefficient (Wildman–Crippen LogP) is 3.85. The third kappa shape index (κ3) is 5.82. The molecule has 1 aliphatic heterocycles. The van der Waals surface area contributed by atoms with E-state index >= 15 is 0 Å². The minimum atomic E-state index is -4.07. The standard InChI is InChI=1S/C23H29FN2O6S/c1-22(2,3)16-5-8-18(9-6-16)25-21(27)32-23(28)11-13-26(14-12-23)33(29,30)20-15-17(24)7-10-19(20)31-4/h5-10,15,28H,11-14H2,1-4H3,(H,25,27). The molecule has 0 saturated carbocycles. The lowest BCUT2D eigenvalue weighted by Crippen LogP contribution is -2.49. The molecular weight excluding hydrogens is 451 g/mol. The maximum atomic E-state index is 13.7. The Kier molecular flexibility index (Phi) is 7.01. The maximum Gasteiger partial charge on any atom is 0.414 e. The van der Waals surface area contributed by atoms with Gasteiger partial charge in [-0.3, -0.25) is 5.32 Å². The first-order valence-electron chi connectivity index (χ1n) is 10.5. The van der Waals surface area contributed by atoms with Crippen molar-refractivity contribution in [2.75, 3.05) is 25.5 Å². The zero-order chi connectivity index (χ0) is 24.4. The highest BCUT2D eigenvalue weighted by atomic mass is 32.2. The normalized spacial score (nSPS) is 16.8. The number of carbonyl (C=O) groups excluding carboxylic acids is 1. The molecule has 10 heteroatoms. The molecule has 0 unspecified atom stereocenters. The lowest BCUT2D eigenvalue weighted by molar-refractivity contribution is -0.180. The summed E-state index contributed by atoms with van der Waals surface area (Å²) in [5.74, 6) is -2.52. The van der Waals surface area contributed by atoms with E-state index in [0.717, 1.165) is 22.0 Å². The van der Waals surface area contributed by atoms with Crippen LogP contribution in [0.3, 0.4) is 0 Å². The van der Waals surface area contributed by atoms with Gasteiger partial charge in [0.05, 0.1) is 7.11 Å². The average molecular weight is 481 g/mol. The van der Waals surface area contributed by atoms with Crippen molar-refractivity contribution < 1.29 is 32.2 Å². The Bertz CT molecular complexity index is 1100. The first-order valence-corrected chi connectivity index (χ1v) is 11.9. The Hall–Kier alpha value is -2.69. The molecule has 1 amide bonds. The van der Waals surface area contributed by atoms with Crippen LogP contribution in [0.1, 0.15) is 39.2 Å². The van der Waals surface area contributed by atoms with Crippen LogP contribution in [0.5, 0.6) is 5.75 Å². The molecule has 33 heavy (non-hydrogen) atoms. The van der Waals surface area contributed by atoms with Gasteiger partial charge in [-0.25, -0.2) is 17.6 Å². The number of ether oxygens (including phenoxy) is 2. The van der Waals surface area contributed by atoms with Gasteiger partial charge in [0.25, 0.3) is 0 Å². The summed E-state index contributed by atoms with van der Waals surface area (Å²) in [5, 5.41) is 13.3. The Morgan fingerprint density at radius 1 is 1.12 bits per heavy atom. The van der Waals surface area contributed by atoms with E-state index in [-0.39, 0.29) is 42.0 Å². The van der Waals surface area contributed by atoms with E-state index in [4.69, 9.17) is 9.47 Å². The van der Waals surface area contributed by atoms with Crippen LogP contribution >= 0.6 is 0 Å². The van der Waals surface area contributed by atoms with Crippen molar-refractivity contribution in [3.8, 4) is 5.75 Å². The smallest absolute Gasteiger partial charge is 0.414 e. The Morgan fingerprint density at radius 2 is 1.73 bits per heavy atom. The Balaban J connectivity index is 1.62. The lowest BCUT2D eigenvalue weighted by atomic mass is 9.87. The first-order chi connectivity index (χ1) is 15.3. The summed E-state index contributed by atoms with van der Waals surface area (Å²) in [4.78, 5) is 12.0. The summed E-state index contributed by atoms with van der Waals surface area (Å²) in [7, 11) is -2.77. The van der Waals surface area contributed by atoms with Crippen molar-refractivity contribution in [1.29, 1.82) is 0 Å². The summed E-state index contributed by atoms with van der Waals surface area (Å²) >= 11 is 0. The van der Waals surface area contributed by atoms with Gasteiger partial charge in [-0.05, 0) is 41.3 Å². The second-order valence-electron chi connectivity index (χ2n) is 8.99. The molecule has 1 heterocycles. The number of methoxy groups -OCH3 is 1. The zero-order valence-corrected chi connectivity index (χ0v) is 19.9. The number of nitrogens with zero attached hydrogens (tertiary/aromatic N) is 1. The fourth-order valence-electron chi connectivity index (χ4n) is 3.54. The van der Waals surface area contributed by atoms with Gasteiger partial charge in [-0.2, -0.15) is 4.31 Å². The van der Waals surface area contributed by atoms with E-state index < -0.39 is 27.7 Å². The van der Waals surface area contributed by atoms with Gasteiger partial charge in [-0.1, -0.05) is 32.9 Å². The summed E-state index contributed by atoms with van der Waals surface area (Å²) in [5.41, 5.74) is 1.58. The van der Waals surface area contributed by atoms with Crippen LogP contribution < -0.4 is 10.1 Å². The zero-order valence-electron chi connectivity index (χ0n) is 19.1. The van der Waals surface area contributed by atoms with Crippen molar-refractivity contribution in [2.24, 2.45) is 0 Å². The monoisotopic (exact) mass is 480 g/mol. The maximum absolute atomic E-state index is 13.7. The van der Waals surface area contributed by atoms with Crippen molar-refractivity contribution in [3.05, 3.63) is 53.8 Å². The minimum absolute atomic E-state index is 0.0188. The number of sulfonamides is 1. The molecule has 0 bridgehead atoms. The predicted molar refractivity (Wildman–Crippen MR) is 121 cm³/mol. The van der Waals surface area contributed by atoms with Gasteiger partial charge in [0.2, 0.25) is 15.8 Å². The fourth-order valence-corrected chi connectivity index (χ4v) is 5.15. The molecule has 8 nitrogen and oxygen atoms in total. The summed E-state index contributed by atoms with van der Waals surface area (Å²) in [6.45, 7) is 6.00. The molecule has 2 aromatic carbocycles. The van der Waals surface area contributed by atoms with Crippen LogP contribution in [0.25, 0.3) is 0 Å². The van der Waals surface area contributed by atoms with Gasteiger partial charge in [-0.15, -0.1) is 0 Å². The summed E-state index contributed by atoms with van der Waals surface area (Å²) < 4.78 is 51.0. The van der Waals surface area contributed by atoms with E-state index in [1.54, 1.807) is 12.1 Å². The Morgan fingerprint density at radius 3 is 2.27 bits per heavy atom. The van der Waals surface area contributed by atoms with Gasteiger partial charge in [0.1, 0.15) is 16.5 Å². The summed E-state index contributed by atoms with van der Waals surface area (Å²) in [6.07, 6.45) is -1.12. The number of anilines is 1. The van der Waals surface area contributed by atoms with Crippen LogP contribution in [0.4, 0.5) is 14.9 Å². The molecule has 0 spiro atoms. The van der Waals surface area contributed by atoms with Gasteiger partial charge in [0, 0.05) is 31.6 Å². The number of rotatable bonds is 5. The van der Waals surface area contributed by atoms with E-state index in [1.165, 1.54) is 13.2 Å². The molecule has 1 aliphatic rings. The van der Waals surface area contributed by atoms with Crippen LogP contribution in [0.2, 0.25) is 0 Å². The van der Waals surface area contributed by atoms with Crippen molar-refractivity contribution >= 4 is 21.8 Å². The Labute approximate surface area is 193 Å². The van der Waals surface area contributed by atoms with Gasteiger partial charge >= 0.3 is 6.09 Å². The molecule has 0 atom stereocenters. The largest absolute Gasteiger partial charge is 0.495 e. The minimum Gasteiger partial charge on any atom is -0.495 e. The molecule has 180 valence electrons. The molecule has 1 saturated heterocycles. The molecule has 2 aromatic rings. The van der Waals surface area contributed by atoms with Gasteiger partial charge in [0.15, 0.2) is 0 Å². The van der Waals surface area contributed by atoms with Crippen LogP contribution in [-0.4, -0.2) is 49.9 Å². The van der Waals surface area contributed by atoms with Crippen molar-refractivity contribution in [2.45, 2.75) is 49.7 Å². The molecule has 0 aromatic heterocycles. The number of nitrogens with one attached hydrogen (secondary N) is 1. The number of amides is 1. The highest BCUT2D eigenvalue weighted by Crippen LogP contribution is 2.32. The number of hydrogen-bond acceptors (Lipinski definition) is 6. The molecule has 1 fully saturated rings. The van der Waals surface area contributed by atoms with Crippen LogP contribution in [0, 0.1) is 5.82 Å². The highest BCUT2D eigenvalue weighted by Gasteiger charge is 2.41. The molecule has 2 N–H and O–H groups in total. The van der Waals surface area contributed by atoms with E-state index in [9.17, 15) is 22.7 Å². The average Bonchev–Trinajstić information content (AvgIpc) is 2.73. The summed E-state index contributed by atoms with van der Waals surface area (Å²) in [6, 6.07) is 10.5. The molecule has 0 radical (unpaired) electrons. The second-order valence-corrected chi connectivity index (χ2v) is 10.9. The SMILES string of the molecule is COc1ccc(F)cc1S(=O)(=O)N1CCC(O)(OC(=O)Nc2ccc(C(C)(C)C)cc2)CC1.